The standard InChI is InChI=1S/C9H20N2/c1-3-8-11(2)9-6-4-5-7-10/h3H,1,4-10H2,2H3. The molecule has 0 rings (SSSR count). The van der Waals surface area contributed by atoms with Crippen molar-refractivity contribution >= 4 is 0 Å². The van der Waals surface area contributed by atoms with Gasteiger partial charge in [0.1, 0.15) is 0 Å². The molecule has 0 saturated heterocycles. The third-order valence-corrected chi connectivity index (χ3v) is 1.68. The number of rotatable bonds is 7. The minimum absolute atomic E-state index is 0.825. The first-order valence-corrected chi connectivity index (χ1v) is 4.30. The molecular formula is C9H20N2. The third kappa shape index (κ3) is 7.56. The highest BCUT2D eigenvalue weighted by molar-refractivity contribution is 4.70. The summed E-state index contributed by atoms with van der Waals surface area (Å²) in [4.78, 5) is 2.27. The lowest BCUT2D eigenvalue weighted by atomic mass is 10.2. The van der Waals surface area contributed by atoms with Gasteiger partial charge in [-0.05, 0) is 33.0 Å². The van der Waals surface area contributed by atoms with E-state index in [0.717, 1.165) is 26.1 Å². The Morgan fingerprint density at radius 3 is 2.64 bits per heavy atom. The molecule has 0 atom stereocenters. The Labute approximate surface area is 70.1 Å². The van der Waals surface area contributed by atoms with Crippen molar-refractivity contribution in [2.45, 2.75) is 19.3 Å². The van der Waals surface area contributed by atoms with Crippen molar-refractivity contribution in [3.63, 3.8) is 0 Å². The Morgan fingerprint density at radius 2 is 2.09 bits per heavy atom. The molecule has 0 aromatic carbocycles. The quantitative estimate of drug-likeness (QED) is 0.444. The van der Waals surface area contributed by atoms with Crippen molar-refractivity contribution in [2.75, 3.05) is 26.7 Å². The van der Waals surface area contributed by atoms with Crippen molar-refractivity contribution in [2.24, 2.45) is 5.73 Å². The zero-order valence-corrected chi connectivity index (χ0v) is 7.55. The minimum atomic E-state index is 0.825. The van der Waals surface area contributed by atoms with Crippen LogP contribution in [-0.2, 0) is 0 Å². The van der Waals surface area contributed by atoms with Gasteiger partial charge in [0.25, 0.3) is 0 Å². The number of nitrogens with zero attached hydrogens (tertiary/aromatic N) is 1. The van der Waals surface area contributed by atoms with Crippen LogP contribution in [0.1, 0.15) is 19.3 Å². The van der Waals surface area contributed by atoms with Crippen LogP contribution in [0.3, 0.4) is 0 Å². The van der Waals surface area contributed by atoms with Crippen LogP contribution >= 0.6 is 0 Å². The normalized spacial score (nSPS) is 10.5. The van der Waals surface area contributed by atoms with Gasteiger partial charge in [0.05, 0.1) is 0 Å². The molecule has 66 valence electrons. The Hall–Kier alpha value is -0.340. The van der Waals surface area contributed by atoms with Gasteiger partial charge in [0, 0.05) is 6.54 Å². The summed E-state index contributed by atoms with van der Waals surface area (Å²) in [6.45, 7) is 6.66. The summed E-state index contributed by atoms with van der Waals surface area (Å²) in [5.41, 5.74) is 5.37. The van der Waals surface area contributed by atoms with Crippen molar-refractivity contribution in [1.29, 1.82) is 0 Å². The first-order chi connectivity index (χ1) is 5.31. The van der Waals surface area contributed by atoms with Gasteiger partial charge in [-0.1, -0.05) is 12.5 Å². The molecule has 0 aromatic rings. The lowest BCUT2D eigenvalue weighted by Gasteiger charge is -2.12. The average molecular weight is 156 g/mol. The van der Waals surface area contributed by atoms with Crippen molar-refractivity contribution in [1.82, 2.24) is 4.90 Å². The van der Waals surface area contributed by atoms with Gasteiger partial charge in [0.2, 0.25) is 0 Å². The van der Waals surface area contributed by atoms with E-state index in [1.807, 2.05) is 6.08 Å². The number of unbranched alkanes of at least 4 members (excludes halogenated alkanes) is 2. The second kappa shape index (κ2) is 7.76. The largest absolute Gasteiger partial charge is 0.330 e. The molecular weight excluding hydrogens is 136 g/mol. The van der Waals surface area contributed by atoms with E-state index in [4.69, 9.17) is 5.73 Å². The fourth-order valence-corrected chi connectivity index (χ4v) is 1.01. The molecule has 0 aromatic heterocycles. The van der Waals surface area contributed by atoms with Crippen molar-refractivity contribution < 1.29 is 0 Å². The highest BCUT2D eigenvalue weighted by atomic mass is 15.1. The number of hydrogen-bond acceptors (Lipinski definition) is 2. The monoisotopic (exact) mass is 156 g/mol. The van der Waals surface area contributed by atoms with Gasteiger partial charge in [-0.3, -0.25) is 0 Å². The highest BCUT2D eigenvalue weighted by Crippen LogP contribution is 1.95. The zero-order valence-electron chi connectivity index (χ0n) is 7.55. The van der Waals surface area contributed by atoms with Crippen LogP contribution < -0.4 is 5.73 Å². The molecule has 0 heterocycles. The van der Waals surface area contributed by atoms with Crippen LogP contribution in [0.2, 0.25) is 0 Å². The maximum atomic E-state index is 5.37. The van der Waals surface area contributed by atoms with Crippen LogP contribution in [0, 0.1) is 0 Å². The summed E-state index contributed by atoms with van der Waals surface area (Å²) in [6, 6.07) is 0. The fourth-order valence-electron chi connectivity index (χ4n) is 1.01. The summed E-state index contributed by atoms with van der Waals surface area (Å²) < 4.78 is 0. The molecule has 0 spiro atoms. The average Bonchev–Trinajstić information content (AvgIpc) is 1.99. The summed E-state index contributed by atoms with van der Waals surface area (Å²) in [5, 5.41) is 0. The first-order valence-electron chi connectivity index (χ1n) is 4.30. The van der Waals surface area contributed by atoms with Crippen LogP contribution in [0.4, 0.5) is 0 Å². The second-order valence-corrected chi connectivity index (χ2v) is 2.90. The van der Waals surface area contributed by atoms with E-state index in [1.54, 1.807) is 0 Å². The maximum Gasteiger partial charge on any atom is 0.0157 e. The molecule has 0 aliphatic rings. The Morgan fingerprint density at radius 1 is 1.36 bits per heavy atom. The molecule has 0 radical (unpaired) electrons. The number of likely N-dealkylation sites (N-methyl/N-ethyl adjacent to an activating group) is 1. The third-order valence-electron chi connectivity index (χ3n) is 1.68. The van der Waals surface area contributed by atoms with E-state index in [0.29, 0.717) is 0 Å². The van der Waals surface area contributed by atoms with Gasteiger partial charge >= 0.3 is 0 Å². The lowest BCUT2D eigenvalue weighted by Crippen LogP contribution is -2.19. The van der Waals surface area contributed by atoms with Gasteiger partial charge in [-0.2, -0.15) is 0 Å². The van der Waals surface area contributed by atoms with E-state index >= 15 is 0 Å². The smallest absolute Gasteiger partial charge is 0.0157 e. The van der Waals surface area contributed by atoms with Gasteiger partial charge in [-0.25, -0.2) is 0 Å². The topological polar surface area (TPSA) is 29.3 Å². The molecule has 2 nitrogen and oxygen atoms in total. The summed E-state index contributed by atoms with van der Waals surface area (Å²) in [7, 11) is 2.12. The number of hydrogen-bond donors (Lipinski definition) is 1. The molecule has 2 N–H and O–H groups in total. The SMILES string of the molecule is C=CCN(C)CCCCCN. The second-order valence-electron chi connectivity index (χ2n) is 2.90. The molecule has 11 heavy (non-hydrogen) atoms. The van der Waals surface area contributed by atoms with Crippen molar-refractivity contribution in [3.05, 3.63) is 12.7 Å². The molecule has 0 amide bonds. The van der Waals surface area contributed by atoms with E-state index < -0.39 is 0 Å². The lowest BCUT2D eigenvalue weighted by molar-refractivity contribution is 0.358. The van der Waals surface area contributed by atoms with Crippen LogP contribution in [0.25, 0.3) is 0 Å². The molecule has 0 fully saturated rings. The molecule has 0 unspecified atom stereocenters. The molecule has 0 aliphatic carbocycles. The predicted octanol–water partition coefficient (Wildman–Crippen LogP) is 1.23. The zero-order chi connectivity index (χ0) is 8.53. The maximum absolute atomic E-state index is 5.37. The Balaban J connectivity index is 3.03. The fraction of sp³-hybridized carbons (Fsp3) is 0.778. The predicted molar refractivity (Wildman–Crippen MR) is 50.6 cm³/mol. The summed E-state index contributed by atoms with van der Waals surface area (Å²) >= 11 is 0. The van der Waals surface area contributed by atoms with Crippen LogP contribution in [0.5, 0.6) is 0 Å². The minimum Gasteiger partial charge on any atom is -0.330 e. The van der Waals surface area contributed by atoms with Gasteiger partial charge < -0.3 is 10.6 Å². The molecule has 0 saturated carbocycles. The highest BCUT2D eigenvalue weighted by Gasteiger charge is 1.93. The summed E-state index contributed by atoms with van der Waals surface area (Å²) in [5.74, 6) is 0. The first kappa shape index (κ1) is 10.7. The molecule has 0 bridgehead atoms. The Bertz CT molecular complexity index is 91.6. The molecule has 0 aliphatic heterocycles. The number of nitrogens with two attached hydrogens (primary N) is 1. The Kier molecular flexibility index (Phi) is 7.52. The van der Waals surface area contributed by atoms with E-state index in [1.165, 1.54) is 12.8 Å². The molecule has 2 heteroatoms. The van der Waals surface area contributed by atoms with E-state index in [9.17, 15) is 0 Å². The van der Waals surface area contributed by atoms with E-state index in [-0.39, 0.29) is 0 Å². The van der Waals surface area contributed by atoms with E-state index in [2.05, 4.69) is 18.5 Å². The summed E-state index contributed by atoms with van der Waals surface area (Å²) in [6.07, 6.45) is 5.59. The van der Waals surface area contributed by atoms with Crippen molar-refractivity contribution in [3.8, 4) is 0 Å². The van der Waals surface area contributed by atoms with Crippen LogP contribution in [0.15, 0.2) is 12.7 Å². The van der Waals surface area contributed by atoms with Gasteiger partial charge in [-0.15, -0.1) is 6.58 Å². The van der Waals surface area contributed by atoms with Crippen LogP contribution in [-0.4, -0.2) is 31.6 Å². The van der Waals surface area contributed by atoms with Gasteiger partial charge in [0.15, 0.2) is 0 Å².